The van der Waals surface area contributed by atoms with Crippen molar-refractivity contribution in [3.05, 3.63) is 142 Å². The van der Waals surface area contributed by atoms with Gasteiger partial charge in [0.2, 0.25) is 0 Å². The van der Waals surface area contributed by atoms with Crippen molar-refractivity contribution >= 4 is 12.2 Å². The fourth-order valence-electron chi connectivity index (χ4n) is 4.86. The Morgan fingerprint density at radius 2 is 0.690 bits per heavy atom. The van der Waals surface area contributed by atoms with Crippen molar-refractivity contribution in [1.29, 1.82) is 0 Å². The molecule has 0 nitrogen and oxygen atoms in total. The van der Waals surface area contributed by atoms with Crippen molar-refractivity contribution in [3.63, 3.8) is 0 Å². The van der Waals surface area contributed by atoms with Crippen LogP contribution in [0.4, 0.5) is 0 Å². The fourth-order valence-corrected chi connectivity index (χ4v) is 4.86. The number of hydrogen-bond donors (Lipinski definition) is 0. The molecule has 0 saturated heterocycles. The van der Waals surface area contributed by atoms with Gasteiger partial charge in [0, 0.05) is 22.3 Å². The van der Waals surface area contributed by atoms with Gasteiger partial charge in [-0.2, -0.15) is 0 Å². The topological polar surface area (TPSA) is 0 Å². The average Bonchev–Trinajstić information content (AvgIpc) is 3.04. The van der Waals surface area contributed by atoms with E-state index in [2.05, 4.69) is 147 Å². The van der Waals surface area contributed by atoms with Gasteiger partial charge in [-0.1, -0.05) is 137 Å². The molecule has 0 bridgehead atoms. The number of aryl methyl sites for hydroxylation is 2. The predicted octanol–water partition coefficient (Wildman–Crippen LogP) is 10.9. The quantitative estimate of drug-likeness (QED) is 0.0938. The van der Waals surface area contributed by atoms with Crippen molar-refractivity contribution < 1.29 is 0 Å². The Hall–Kier alpha value is -4.26. The Bertz CT molecular complexity index is 1370. The molecule has 4 aromatic carbocycles. The third-order valence-corrected chi connectivity index (χ3v) is 7.54. The van der Waals surface area contributed by atoms with Crippen LogP contribution in [0.5, 0.6) is 0 Å². The van der Waals surface area contributed by atoms with E-state index in [-0.39, 0.29) is 0 Å². The molecule has 0 spiro atoms. The highest BCUT2D eigenvalue weighted by Crippen LogP contribution is 2.13. The SMILES string of the molecule is CCCCCCc1ccc(C#Cc2ccc(C=Cc3ccc(C#Cc4ccc(CCCCCC)cc4)cc3)cc2)cc1. The summed E-state index contributed by atoms with van der Waals surface area (Å²) < 4.78 is 0. The largest absolute Gasteiger partial charge is 0.0654 e. The summed E-state index contributed by atoms with van der Waals surface area (Å²) in [5, 5.41) is 0. The standard InChI is InChI=1S/C42H44/c1-3-5-7-9-11-35-13-17-37(18-14-35)21-23-39-25-29-41(30-26-39)33-34-42-31-27-40(28-32-42)24-22-38-19-15-36(16-20-38)12-10-8-6-4-2/h13-20,25-34H,3-12H2,1-2H3. The maximum Gasteiger partial charge on any atom is 0.0249 e. The van der Waals surface area contributed by atoms with Crippen LogP contribution < -0.4 is 0 Å². The van der Waals surface area contributed by atoms with E-state index in [9.17, 15) is 0 Å². The van der Waals surface area contributed by atoms with Gasteiger partial charge in [0.15, 0.2) is 0 Å². The van der Waals surface area contributed by atoms with E-state index in [1.807, 2.05) is 0 Å². The van der Waals surface area contributed by atoms with E-state index in [4.69, 9.17) is 0 Å². The maximum absolute atomic E-state index is 3.30. The molecule has 0 aliphatic heterocycles. The summed E-state index contributed by atoms with van der Waals surface area (Å²) in [5.41, 5.74) is 9.32. The number of hydrogen-bond acceptors (Lipinski definition) is 0. The van der Waals surface area contributed by atoms with Gasteiger partial charge in [-0.15, -0.1) is 0 Å². The highest BCUT2D eigenvalue weighted by Gasteiger charge is 1.96. The Balaban J connectivity index is 1.25. The molecule has 0 aliphatic carbocycles. The number of benzene rings is 4. The Morgan fingerprint density at radius 1 is 0.381 bits per heavy atom. The lowest BCUT2D eigenvalue weighted by atomic mass is 10.0. The third-order valence-electron chi connectivity index (χ3n) is 7.54. The van der Waals surface area contributed by atoms with Crippen LogP contribution in [0.2, 0.25) is 0 Å². The highest BCUT2D eigenvalue weighted by atomic mass is 14.0. The van der Waals surface area contributed by atoms with Crippen LogP contribution in [0.3, 0.4) is 0 Å². The van der Waals surface area contributed by atoms with Gasteiger partial charge >= 0.3 is 0 Å². The molecule has 0 aromatic heterocycles. The van der Waals surface area contributed by atoms with Gasteiger partial charge in [-0.25, -0.2) is 0 Å². The molecule has 0 atom stereocenters. The third kappa shape index (κ3) is 11.0. The molecule has 0 aliphatic rings. The number of unbranched alkanes of at least 4 members (excludes halogenated alkanes) is 6. The van der Waals surface area contributed by atoms with E-state index in [0.29, 0.717) is 0 Å². The zero-order chi connectivity index (χ0) is 29.2. The molecule has 0 radical (unpaired) electrons. The van der Waals surface area contributed by atoms with E-state index in [0.717, 1.165) is 46.2 Å². The first-order valence-electron chi connectivity index (χ1n) is 15.8. The van der Waals surface area contributed by atoms with E-state index >= 15 is 0 Å². The second kappa shape index (κ2) is 17.5. The van der Waals surface area contributed by atoms with Gasteiger partial charge in [-0.05, 0) is 96.5 Å². The first-order valence-corrected chi connectivity index (χ1v) is 15.8. The molecule has 0 N–H and O–H groups in total. The highest BCUT2D eigenvalue weighted by molar-refractivity contribution is 5.70. The van der Waals surface area contributed by atoms with Gasteiger partial charge in [0.05, 0.1) is 0 Å². The van der Waals surface area contributed by atoms with Gasteiger partial charge < -0.3 is 0 Å². The molecule has 212 valence electrons. The minimum atomic E-state index is 1.03. The molecule has 4 aromatic rings. The minimum Gasteiger partial charge on any atom is -0.0654 e. The normalized spacial score (nSPS) is 10.6. The summed E-state index contributed by atoms with van der Waals surface area (Å²) in [6, 6.07) is 34.3. The van der Waals surface area contributed by atoms with Crippen LogP contribution in [-0.4, -0.2) is 0 Å². The molecule has 42 heavy (non-hydrogen) atoms. The summed E-state index contributed by atoms with van der Waals surface area (Å²) in [6.45, 7) is 4.51. The van der Waals surface area contributed by atoms with Gasteiger partial charge in [-0.3, -0.25) is 0 Å². The van der Waals surface area contributed by atoms with Crippen LogP contribution in [-0.2, 0) is 12.8 Å². The zero-order valence-electron chi connectivity index (χ0n) is 25.5. The zero-order valence-corrected chi connectivity index (χ0v) is 25.5. The van der Waals surface area contributed by atoms with Crippen molar-refractivity contribution in [3.8, 4) is 23.7 Å². The second-order valence-electron chi connectivity index (χ2n) is 11.1. The van der Waals surface area contributed by atoms with Crippen LogP contribution in [0.25, 0.3) is 12.2 Å². The lowest BCUT2D eigenvalue weighted by molar-refractivity contribution is 0.667. The second-order valence-corrected chi connectivity index (χ2v) is 11.1. The van der Waals surface area contributed by atoms with E-state index in [1.54, 1.807) is 0 Å². The van der Waals surface area contributed by atoms with E-state index in [1.165, 1.54) is 62.5 Å². The lowest BCUT2D eigenvalue weighted by Crippen LogP contribution is -1.86. The minimum absolute atomic E-state index is 1.03. The molecule has 0 heteroatoms. The van der Waals surface area contributed by atoms with Crippen LogP contribution in [0.15, 0.2) is 97.1 Å². The number of rotatable bonds is 12. The predicted molar refractivity (Wildman–Crippen MR) is 182 cm³/mol. The van der Waals surface area contributed by atoms with Crippen LogP contribution in [0, 0.1) is 23.7 Å². The maximum atomic E-state index is 3.30. The summed E-state index contributed by atoms with van der Waals surface area (Å²) in [5.74, 6) is 13.2. The average molecular weight is 549 g/mol. The molecule has 0 heterocycles. The summed E-state index contributed by atoms with van der Waals surface area (Å²) in [4.78, 5) is 0. The molecular formula is C42H44. The Labute approximate surface area is 254 Å². The molecule has 0 saturated carbocycles. The summed E-state index contributed by atoms with van der Waals surface area (Å²) >= 11 is 0. The van der Waals surface area contributed by atoms with Crippen LogP contribution >= 0.6 is 0 Å². The molecule has 0 unspecified atom stereocenters. The van der Waals surface area contributed by atoms with Crippen molar-refractivity contribution in [2.75, 3.05) is 0 Å². The van der Waals surface area contributed by atoms with Gasteiger partial charge in [0.25, 0.3) is 0 Å². The lowest BCUT2D eigenvalue weighted by Gasteiger charge is -2.01. The summed E-state index contributed by atoms with van der Waals surface area (Å²) in [6.07, 6.45) is 17.0. The fraction of sp³-hybridized carbons (Fsp3) is 0.286. The van der Waals surface area contributed by atoms with E-state index < -0.39 is 0 Å². The van der Waals surface area contributed by atoms with Crippen molar-refractivity contribution in [1.82, 2.24) is 0 Å². The smallest absolute Gasteiger partial charge is 0.0249 e. The monoisotopic (exact) mass is 548 g/mol. The van der Waals surface area contributed by atoms with Crippen LogP contribution in [0.1, 0.15) is 110 Å². The Morgan fingerprint density at radius 3 is 1.00 bits per heavy atom. The van der Waals surface area contributed by atoms with Crippen molar-refractivity contribution in [2.24, 2.45) is 0 Å². The molecule has 4 rings (SSSR count). The Kier molecular flexibility index (Phi) is 12.8. The molecular weight excluding hydrogens is 504 g/mol. The van der Waals surface area contributed by atoms with Gasteiger partial charge in [0.1, 0.15) is 0 Å². The summed E-state index contributed by atoms with van der Waals surface area (Å²) in [7, 11) is 0. The first-order chi connectivity index (χ1) is 20.7. The first kappa shape index (κ1) is 30.7. The van der Waals surface area contributed by atoms with Crippen molar-refractivity contribution in [2.45, 2.75) is 78.1 Å². The molecule has 0 fully saturated rings. The molecule has 0 amide bonds.